The third-order valence-corrected chi connectivity index (χ3v) is 8.63. The maximum Gasteiger partial charge on any atom is 0.187 e. The van der Waals surface area contributed by atoms with Gasteiger partial charge in [0.2, 0.25) is 0 Å². The molecule has 2 aromatic rings. The van der Waals surface area contributed by atoms with Gasteiger partial charge in [0.25, 0.3) is 0 Å². The summed E-state index contributed by atoms with van der Waals surface area (Å²) in [5.74, 6) is 0.585. The lowest BCUT2D eigenvalue weighted by atomic mass is 9.58. The summed E-state index contributed by atoms with van der Waals surface area (Å²) >= 11 is 0. The summed E-state index contributed by atoms with van der Waals surface area (Å²) in [5, 5.41) is 11.6. The highest BCUT2D eigenvalue weighted by Crippen LogP contribution is 2.58. The molecule has 4 aliphatic rings. The third kappa shape index (κ3) is 3.40. The topological polar surface area (TPSA) is 52.1 Å². The van der Waals surface area contributed by atoms with E-state index in [1.807, 2.05) is 22.1 Å². The van der Waals surface area contributed by atoms with E-state index in [0.717, 1.165) is 29.8 Å². The maximum absolute atomic E-state index is 15.3. The summed E-state index contributed by atoms with van der Waals surface area (Å²) < 4.78 is 20.6. The summed E-state index contributed by atoms with van der Waals surface area (Å²) in [6.45, 7) is 3.12. The number of anilines is 1. The fourth-order valence-corrected chi connectivity index (χ4v) is 6.43. The van der Waals surface area contributed by atoms with Gasteiger partial charge in [0.15, 0.2) is 12.0 Å². The lowest BCUT2D eigenvalue weighted by Gasteiger charge is -2.61. The van der Waals surface area contributed by atoms with Crippen LogP contribution in [-0.4, -0.2) is 77.8 Å². The van der Waals surface area contributed by atoms with Crippen molar-refractivity contribution in [2.45, 2.75) is 61.6 Å². The second kappa shape index (κ2) is 7.72. The van der Waals surface area contributed by atoms with Crippen molar-refractivity contribution in [3.05, 3.63) is 59.4 Å². The molecule has 0 amide bonds. The summed E-state index contributed by atoms with van der Waals surface area (Å²) in [5.41, 5.74) is 2.61. The molecule has 2 aliphatic heterocycles. The van der Waals surface area contributed by atoms with Gasteiger partial charge in [0.1, 0.15) is 0 Å². The van der Waals surface area contributed by atoms with Crippen molar-refractivity contribution in [3.8, 4) is 0 Å². The number of halogens is 1. The highest BCUT2D eigenvalue weighted by Gasteiger charge is 2.66. The number of aliphatic hydroxyl groups is 1. The molecule has 2 aliphatic carbocycles. The molecule has 1 N–H and O–H groups in total. The van der Waals surface area contributed by atoms with E-state index in [2.05, 4.69) is 56.3 Å². The van der Waals surface area contributed by atoms with Crippen LogP contribution in [-0.2, 0) is 10.3 Å². The van der Waals surface area contributed by atoms with Gasteiger partial charge in [-0.05, 0) is 63.9 Å². The Labute approximate surface area is 201 Å². The zero-order valence-corrected chi connectivity index (χ0v) is 20.4. The number of alkyl halides is 1. The van der Waals surface area contributed by atoms with Crippen molar-refractivity contribution in [2.75, 3.05) is 45.3 Å². The molecule has 34 heavy (non-hydrogen) atoms. The predicted molar refractivity (Wildman–Crippen MR) is 129 cm³/mol. The van der Waals surface area contributed by atoms with Crippen molar-refractivity contribution in [1.29, 1.82) is 0 Å². The molecule has 4 fully saturated rings. The number of rotatable bonds is 6. The third-order valence-electron chi connectivity index (χ3n) is 8.63. The van der Waals surface area contributed by atoms with E-state index in [1.54, 1.807) is 0 Å². The average Bonchev–Trinajstić information content (AvgIpc) is 3.58. The Balaban J connectivity index is 1.34. The quantitative estimate of drug-likeness (QED) is 0.705. The first-order valence-electron chi connectivity index (χ1n) is 12.4. The van der Waals surface area contributed by atoms with Gasteiger partial charge >= 0.3 is 0 Å². The normalized spacial score (nSPS) is 32.8. The van der Waals surface area contributed by atoms with E-state index in [1.165, 1.54) is 18.4 Å². The largest absolute Gasteiger partial charge is 0.375 e. The van der Waals surface area contributed by atoms with Crippen molar-refractivity contribution >= 4 is 5.69 Å². The molecule has 3 heterocycles. The van der Waals surface area contributed by atoms with Crippen LogP contribution >= 0.6 is 0 Å². The standard InChI is InChI=1S/C27H35FN4O2/c1-19-11-22(20-9-10-20)29-12-23(19)31-16-26(32(24(31)33)15-25(28)17-34-18-25)13-27(14-26,30(2)3)21-7-5-4-6-8-21/h4-8,11-12,20,24,33H,9-10,13-18H2,1-3H3/t24?,26-,27+. The lowest BCUT2D eigenvalue weighted by molar-refractivity contribution is -0.185. The van der Waals surface area contributed by atoms with Crippen molar-refractivity contribution in [1.82, 2.24) is 14.8 Å². The number of ether oxygens (including phenoxy) is 1. The van der Waals surface area contributed by atoms with Crippen LogP contribution in [0.15, 0.2) is 42.6 Å². The minimum atomic E-state index is -1.41. The van der Waals surface area contributed by atoms with E-state index in [-0.39, 0.29) is 30.8 Å². The van der Waals surface area contributed by atoms with E-state index < -0.39 is 12.0 Å². The smallest absolute Gasteiger partial charge is 0.187 e. The first kappa shape index (κ1) is 22.4. The number of hydrogen-bond donors (Lipinski definition) is 1. The number of nitrogens with zero attached hydrogens (tertiary/aromatic N) is 4. The highest BCUT2D eigenvalue weighted by molar-refractivity contribution is 5.55. The number of benzene rings is 1. The Bertz CT molecular complexity index is 1060. The first-order valence-corrected chi connectivity index (χ1v) is 12.4. The molecule has 1 unspecified atom stereocenters. The molecule has 1 spiro atoms. The second-order valence-electron chi connectivity index (χ2n) is 11.3. The van der Waals surface area contributed by atoms with Crippen molar-refractivity contribution in [3.63, 3.8) is 0 Å². The Morgan fingerprint density at radius 2 is 1.88 bits per heavy atom. The van der Waals surface area contributed by atoms with Crippen LogP contribution in [0.25, 0.3) is 0 Å². The summed E-state index contributed by atoms with van der Waals surface area (Å²) in [7, 11) is 4.24. The first-order chi connectivity index (χ1) is 16.3. The van der Waals surface area contributed by atoms with Crippen LogP contribution in [0.1, 0.15) is 48.4 Å². The Morgan fingerprint density at radius 1 is 1.18 bits per heavy atom. The van der Waals surface area contributed by atoms with Crippen LogP contribution in [0.2, 0.25) is 0 Å². The number of aromatic nitrogens is 1. The van der Waals surface area contributed by atoms with Gasteiger partial charge in [-0.15, -0.1) is 0 Å². The monoisotopic (exact) mass is 466 g/mol. The Hall–Kier alpha value is -2.06. The number of hydrogen-bond acceptors (Lipinski definition) is 6. The van der Waals surface area contributed by atoms with Crippen molar-refractivity contribution in [2.24, 2.45) is 0 Å². The molecule has 1 aromatic heterocycles. The number of pyridine rings is 1. The molecule has 1 aromatic carbocycles. The van der Waals surface area contributed by atoms with Crippen LogP contribution < -0.4 is 4.90 Å². The molecule has 182 valence electrons. The minimum absolute atomic E-state index is 0.0977. The zero-order valence-electron chi connectivity index (χ0n) is 20.4. The molecule has 6 rings (SSSR count). The summed E-state index contributed by atoms with van der Waals surface area (Å²) in [4.78, 5) is 11.1. The van der Waals surface area contributed by atoms with Crippen LogP contribution in [0.4, 0.5) is 10.1 Å². The summed E-state index contributed by atoms with van der Waals surface area (Å²) in [6.07, 6.45) is 5.10. The van der Waals surface area contributed by atoms with E-state index in [9.17, 15) is 5.11 Å². The fourth-order valence-electron chi connectivity index (χ4n) is 6.43. The Morgan fingerprint density at radius 3 is 2.44 bits per heavy atom. The van der Waals surface area contributed by atoms with Gasteiger partial charge in [0, 0.05) is 35.8 Å². The second-order valence-corrected chi connectivity index (χ2v) is 11.3. The number of aliphatic hydroxyl groups excluding tert-OH is 1. The summed E-state index contributed by atoms with van der Waals surface area (Å²) in [6, 6.07) is 12.7. The fraction of sp³-hybridized carbons (Fsp3) is 0.593. The molecular formula is C27H35FN4O2. The van der Waals surface area contributed by atoms with Gasteiger partial charge in [-0.3, -0.25) is 9.88 Å². The van der Waals surface area contributed by atoms with E-state index in [4.69, 9.17) is 9.72 Å². The molecule has 2 saturated carbocycles. The van der Waals surface area contributed by atoms with Crippen molar-refractivity contribution < 1.29 is 14.2 Å². The van der Waals surface area contributed by atoms with E-state index >= 15 is 4.39 Å². The van der Waals surface area contributed by atoms with Gasteiger partial charge in [-0.1, -0.05) is 30.3 Å². The average molecular weight is 467 g/mol. The van der Waals surface area contributed by atoms with Crippen LogP contribution in [0.3, 0.4) is 0 Å². The molecule has 0 radical (unpaired) electrons. The van der Waals surface area contributed by atoms with Gasteiger partial charge < -0.3 is 14.7 Å². The highest BCUT2D eigenvalue weighted by atomic mass is 19.1. The molecule has 0 bridgehead atoms. The molecule has 1 atom stereocenters. The molecule has 6 nitrogen and oxygen atoms in total. The van der Waals surface area contributed by atoms with Crippen LogP contribution in [0, 0.1) is 6.92 Å². The maximum atomic E-state index is 15.3. The van der Waals surface area contributed by atoms with Gasteiger partial charge in [0.05, 0.1) is 25.1 Å². The van der Waals surface area contributed by atoms with Gasteiger partial charge in [-0.25, -0.2) is 9.29 Å². The molecule has 7 heteroatoms. The SMILES string of the molecule is Cc1cc(C2CC2)ncc1N1C[C@]2(C[C@](c3ccccc3)(N(C)C)C2)N(CC2(F)COC2)C1O. The Kier molecular flexibility index (Phi) is 5.09. The lowest BCUT2D eigenvalue weighted by Crippen LogP contribution is -2.70. The molecular weight excluding hydrogens is 431 g/mol. The van der Waals surface area contributed by atoms with E-state index in [0.29, 0.717) is 12.5 Å². The van der Waals surface area contributed by atoms with Gasteiger partial charge in [-0.2, -0.15) is 0 Å². The zero-order chi connectivity index (χ0) is 23.7. The van der Waals surface area contributed by atoms with Crippen LogP contribution in [0.5, 0.6) is 0 Å². The molecule has 2 saturated heterocycles. The number of aryl methyl sites for hydroxylation is 1. The predicted octanol–water partition coefficient (Wildman–Crippen LogP) is 3.39. The minimum Gasteiger partial charge on any atom is -0.375 e.